The standard InChI is InChI=1S/C31H30N2O2S/c1-23(24-12-5-2-6-13-24)32-20-19-28(34)31(22-32)29(27-18-11-21-36-27)30(25-14-7-3-8-15-25)33(35-31)26-16-9-4-10-17-26/h2-18,21,23,29-30H,19-20,22H2,1H3/t23?,29-,30-,31?/m0/s1. The van der Waals surface area contributed by atoms with Crippen LogP contribution in [0.4, 0.5) is 5.69 Å². The molecule has 2 aliphatic rings. The van der Waals surface area contributed by atoms with Crippen molar-refractivity contribution in [3.05, 3.63) is 125 Å². The van der Waals surface area contributed by atoms with E-state index in [1.807, 2.05) is 35.4 Å². The van der Waals surface area contributed by atoms with Crippen molar-refractivity contribution < 1.29 is 9.63 Å². The van der Waals surface area contributed by atoms with E-state index in [4.69, 9.17) is 4.84 Å². The first-order valence-corrected chi connectivity index (χ1v) is 13.5. The molecule has 5 heteroatoms. The van der Waals surface area contributed by atoms with Gasteiger partial charge in [-0.1, -0.05) is 84.9 Å². The van der Waals surface area contributed by atoms with Crippen LogP contribution in [0.25, 0.3) is 0 Å². The molecule has 2 fully saturated rings. The number of rotatable bonds is 5. The Morgan fingerprint density at radius 3 is 2.22 bits per heavy atom. The van der Waals surface area contributed by atoms with Gasteiger partial charge in [0.2, 0.25) is 0 Å². The van der Waals surface area contributed by atoms with Crippen LogP contribution in [-0.4, -0.2) is 29.4 Å². The summed E-state index contributed by atoms with van der Waals surface area (Å²) in [5.74, 6) is 0.0650. The Balaban J connectivity index is 1.48. The average molecular weight is 495 g/mol. The van der Waals surface area contributed by atoms with Gasteiger partial charge in [0.05, 0.1) is 17.6 Å². The van der Waals surface area contributed by atoms with Gasteiger partial charge in [-0.2, -0.15) is 0 Å². The first kappa shape index (κ1) is 23.2. The van der Waals surface area contributed by atoms with E-state index in [9.17, 15) is 4.79 Å². The second-order valence-corrected chi connectivity index (χ2v) is 10.7. The first-order valence-electron chi connectivity index (χ1n) is 12.6. The zero-order chi connectivity index (χ0) is 24.5. The summed E-state index contributed by atoms with van der Waals surface area (Å²) in [4.78, 5) is 24.6. The monoisotopic (exact) mass is 494 g/mol. The Morgan fingerprint density at radius 2 is 1.56 bits per heavy atom. The summed E-state index contributed by atoms with van der Waals surface area (Å²) in [6.45, 7) is 3.52. The number of hydroxylamine groups is 1. The maximum Gasteiger partial charge on any atom is 0.176 e. The Bertz CT molecular complexity index is 1300. The van der Waals surface area contributed by atoms with Gasteiger partial charge in [-0.05, 0) is 41.6 Å². The summed E-state index contributed by atoms with van der Waals surface area (Å²) < 4.78 is 0. The van der Waals surface area contributed by atoms with Gasteiger partial charge in [0.1, 0.15) is 0 Å². The normalized spacial score (nSPS) is 25.4. The Labute approximate surface area is 216 Å². The van der Waals surface area contributed by atoms with Gasteiger partial charge in [0.25, 0.3) is 0 Å². The van der Waals surface area contributed by atoms with Gasteiger partial charge in [0, 0.05) is 30.4 Å². The van der Waals surface area contributed by atoms with Crippen LogP contribution in [0.2, 0.25) is 0 Å². The molecule has 1 aromatic heterocycles. The van der Waals surface area contributed by atoms with E-state index in [2.05, 4.69) is 90.0 Å². The minimum atomic E-state index is -0.970. The van der Waals surface area contributed by atoms with Crippen LogP contribution in [0.15, 0.2) is 109 Å². The van der Waals surface area contributed by atoms with Crippen molar-refractivity contribution in [2.45, 2.75) is 36.9 Å². The third-order valence-corrected chi connectivity index (χ3v) is 8.65. The van der Waals surface area contributed by atoms with Crippen molar-refractivity contribution in [3.63, 3.8) is 0 Å². The third kappa shape index (κ3) is 3.97. The second kappa shape index (κ2) is 9.66. The van der Waals surface area contributed by atoms with E-state index in [0.29, 0.717) is 13.0 Å². The van der Waals surface area contributed by atoms with Gasteiger partial charge >= 0.3 is 0 Å². The van der Waals surface area contributed by atoms with Gasteiger partial charge in [-0.25, -0.2) is 5.06 Å². The summed E-state index contributed by atoms with van der Waals surface area (Å²) in [6, 6.07) is 35.6. The van der Waals surface area contributed by atoms with E-state index >= 15 is 0 Å². The summed E-state index contributed by atoms with van der Waals surface area (Å²) in [5.41, 5.74) is 2.40. The zero-order valence-electron chi connectivity index (χ0n) is 20.4. The minimum absolute atomic E-state index is 0.122. The van der Waals surface area contributed by atoms with Crippen LogP contribution in [-0.2, 0) is 9.63 Å². The molecule has 4 aromatic rings. The van der Waals surface area contributed by atoms with Crippen molar-refractivity contribution in [1.82, 2.24) is 4.90 Å². The van der Waals surface area contributed by atoms with Crippen molar-refractivity contribution in [2.24, 2.45) is 0 Å². The van der Waals surface area contributed by atoms with Crippen LogP contribution in [0.5, 0.6) is 0 Å². The van der Waals surface area contributed by atoms with E-state index in [0.717, 1.165) is 17.8 Å². The van der Waals surface area contributed by atoms with Crippen molar-refractivity contribution in [2.75, 3.05) is 18.2 Å². The number of thiophene rings is 1. The molecule has 2 unspecified atom stereocenters. The molecule has 2 aliphatic heterocycles. The Morgan fingerprint density at radius 1 is 0.889 bits per heavy atom. The number of likely N-dealkylation sites (tertiary alicyclic amines) is 1. The minimum Gasteiger partial charge on any atom is -0.296 e. The number of Topliss-reactive ketones (excluding diaryl/α,β-unsaturated/α-hetero) is 1. The summed E-state index contributed by atoms with van der Waals surface area (Å²) in [7, 11) is 0. The number of piperidine rings is 1. The van der Waals surface area contributed by atoms with Gasteiger partial charge in [0.15, 0.2) is 11.4 Å². The van der Waals surface area contributed by atoms with Crippen molar-refractivity contribution in [1.29, 1.82) is 0 Å². The fraction of sp³-hybridized carbons (Fsp3) is 0.258. The predicted molar refractivity (Wildman–Crippen MR) is 145 cm³/mol. The maximum absolute atomic E-state index is 14.0. The molecule has 1 spiro atoms. The van der Waals surface area contributed by atoms with Crippen LogP contribution in [0.3, 0.4) is 0 Å². The molecule has 0 radical (unpaired) electrons. The lowest BCUT2D eigenvalue weighted by molar-refractivity contribution is -0.151. The molecule has 0 saturated carbocycles. The smallest absolute Gasteiger partial charge is 0.176 e. The second-order valence-electron chi connectivity index (χ2n) is 9.72. The fourth-order valence-electron chi connectivity index (χ4n) is 5.85. The van der Waals surface area contributed by atoms with E-state index in [1.165, 1.54) is 10.4 Å². The lowest BCUT2D eigenvalue weighted by Gasteiger charge is -2.43. The highest BCUT2D eigenvalue weighted by atomic mass is 32.1. The number of nitrogens with zero attached hydrogens (tertiary/aromatic N) is 2. The van der Waals surface area contributed by atoms with Crippen molar-refractivity contribution in [3.8, 4) is 0 Å². The molecule has 3 heterocycles. The van der Waals surface area contributed by atoms with Crippen molar-refractivity contribution >= 4 is 22.8 Å². The average Bonchev–Trinajstić information content (AvgIpc) is 3.58. The molecule has 0 bridgehead atoms. The maximum atomic E-state index is 14.0. The van der Waals surface area contributed by atoms with E-state index in [1.54, 1.807) is 11.3 Å². The number of ketones is 1. The lowest BCUT2D eigenvalue weighted by atomic mass is 9.74. The Hall–Kier alpha value is -3.25. The van der Waals surface area contributed by atoms with Gasteiger partial charge < -0.3 is 0 Å². The number of benzene rings is 3. The highest BCUT2D eigenvalue weighted by Gasteiger charge is 2.62. The number of anilines is 1. The number of hydrogen-bond donors (Lipinski definition) is 0. The molecule has 0 aliphatic carbocycles. The van der Waals surface area contributed by atoms with Gasteiger partial charge in [-0.15, -0.1) is 11.3 Å². The fourth-order valence-corrected chi connectivity index (χ4v) is 6.79. The molecule has 0 N–H and O–H groups in total. The van der Waals surface area contributed by atoms with Gasteiger partial charge in [-0.3, -0.25) is 14.5 Å². The summed E-state index contributed by atoms with van der Waals surface area (Å²) >= 11 is 1.71. The zero-order valence-corrected chi connectivity index (χ0v) is 21.2. The molecule has 4 nitrogen and oxygen atoms in total. The molecule has 4 atom stereocenters. The number of carbonyl (C=O) groups is 1. The summed E-state index contributed by atoms with van der Waals surface area (Å²) in [6.07, 6.45) is 0.475. The molecule has 3 aromatic carbocycles. The number of carbonyl (C=O) groups excluding carboxylic acids is 1. The quantitative estimate of drug-likeness (QED) is 0.305. The molecule has 6 rings (SSSR count). The largest absolute Gasteiger partial charge is 0.296 e. The number of hydrogen-bond acceptors (Lipinski definition) is 5. The van der Waals surface area contributed by atoms with E-state index in [-0.39, 0.29) is 23.8 Å². The lowest BCUT2D eigenvalue weighted by Crippen LogP contribution is -2.57. The molecule has 182 valence electrons. The van der Waals surface area contributed by atoms with Crippen LogP contribution < -0.4 is 5.06 Å². The molecule has 2 saturated heterocycles. The molecular weight excluding hydrogens is 464 g/mol. The summed E-state index contributed by atoms with van der Waals surface area (Å²) in [5, 5.41) is 4.11. The highest BCUT2D eigenvalue weighted by molar-refractivity contribution is 7.10. The third-order valence-electron chi connectivity index (χ3n) is 7.70. The van der Waals surface area contributed by atoms with Crippen LogP contribution in [0, 0.1) is 0 Å². The number of para-hydroxylation sites is 1. The highest BCUT2D eigenvalue weighted by Crippen LogP contribution is 2.56. The predicted octanol–water partition coefficient (Wildman–Crippen LogP) is 6.80. The molecule has 36 heavy (non-hydrogen) atoms. The van der Waals surface area contributed by atoms with Crippen LogP contribution in [0.1, 0.15) is 47.4 Å². The first-order chi connectivity index (χ1) is 17.7. The molecular formula is C31H30N2O2S. The Kier molecular flexibility index (Phi) is 6.22. The molecule has 0 amide bonds. The van der Waals surface area contributed by atoms with E-state index < -0.39 is 5.60 Å². The topological polar surface area (TPSA) is 32.8 Å². The SMILES string of the molecule is CC(c1ccccc1)N1CCC(=O)C2(C1)ON(c1ccccc1)[C@@H](c1ccccc1)[C@@H]2c1cccs1. The van der Waals surface area contributed by atoms with Crippen LogP contribution >= 0.6 is 11.3 Å².